The minimum Gasteiger partial charge on any atom is -0.377 e. The minimum atomic E-state index is -4.08. The molecule has 2 N–H and O–H groups in total. The van der Waals surface area contributed by atoms with Gasteiger partial charge in [0.2, 0.25) is 10.0 Å². The number of benzene rings is 4. The summed E-state index contributed by atoms with van der Waals surface area (Å²) in [6.45, 7) is 9.90. The van der Waals surface area contributed by atoms with Crippen molar-refractivity contribution in [3.63, 3.8) is 0 Å². The first-order valence-electron chi connectivity index (χ1n) is 13.5. The molecule has 0 saturated heterocycles. The molecule has 0 saturated carbocycles. The van der Waals surface area contributed by atoms with Crippen LogP contribution in [0.5, 0.6) is 0 Å². The van der Waals surface area contributed by atoms with Crippen LogP contribution in [-0.4, -0.2) is 33.9 Å². The van der Waals surface area contributed by atoms with E-state index in [1.54, 1.807) is 0 Å². The summed E-state index contributed by atoms with van der Waals surface area (Å²) in [5.74, 6) is 0.209. The summed E-state index contributed by atoms with van der Waals surface area (Å²) in [6.07, 6.45) is -1.27. The number of aliphatic hydroxyl groups excluding tert-OH is 1. The van der Waals surface area contributed by atoms with Gasteiger partial charge in [-0.05, 0) is 80.8 Å². The second kappa shape index (κ2) is 11.8. The monoisotopic (exact) mass is 579 g/mol. The van der Waals surface area contributed by atoms with Crippen molar-refractivity contribution in [2.45, 2.75) is 68.9 Å². The molecule has 4 aromatic rings. The van der Waals surface area contributed by atoms with Gasteiger partial charge in [0.25, 0.3) is 0 Å². The number of sulfonamides is 1. The first-order chi connectivity index (χ1) is 18.8. The average molecular weight is 580 g/mol. The third-order valence-electron chi connectivity index (χ3n) is 7.21. The fourth-order valence-corrected chi connectivity index (χ4v) is 6.95. The van der Waals surface area contributed by atoms with E-state index in [2.05, 4.69) is 74.9 Å². The molecule has 0 amide bonds. The highest BCUT2D eigenvalue weighted by Crippen LogP contribution is 2.35. The molecule has 0 aliphatic rings. The summed E-state index contributed by atoms with van der Waals surface area (Å²) in [4.78, 5) is -0.0504. The molecule has 0 spiro atoms. The minimum absolute atomic E-state index is 0.0594. The van der Waals surface area contributed by atoms with Crippen LogP contribution in [0, 0.1) is 0 Å². The zero-order valence-corrected chi connectivity index (χ0v) is 25.2. The maximum atomic E-state index is 13.0. The van der Waals surface area contributed by atoms with E-state index >= 15 is 0 Å². The molecule has 0 heterocycles. The van der Waals surface area contributed by atoms with Crippen molar-refractivity contribution < 1.29 is 21.9 Å². The van der Waals surface area contributed by atoms with Crippen molar-refractivity contribution in [3.8, 4) is 11.1 Å². The number of fused-ring (bicyclic) bond motifs is 1. The summed E-state index contributed by atoms with van der Waals surface area (Å²) in [5.41, 5.74) is 5.22. The fourth-order valence-electron chi connectivity index (χ4n) is 4.99. The van der Waals surface area contributed by atoms with E-state index in [0.717, 1.165) is 33.2 Å². The first-order valence-corrected chi connectivity index (χ1v) is 16.6. The van der Waals surface area contributed by atoms with E-state index in [4.69, 9.17) is 0 Å². The van der Waals surface area contributed by atoms with Crippen LogP contribution in [0.1, 0.15) is 63.1 Å². The van der Waals surface area contributed by atoms with Crippen molar-refractivity contribution in [1.29, 1.82) is 0 Å². The molecular weight excluding hydrogens is 542 g/mol. The fraction of sp³-hybridized carbons (Fsp3) is 0.312. The summed E-state index contributed by atoms with van der Waals surface area (Å²) >= 11 is 0. The van der Waals surface area contributed by atoms with Gasteiger partial charge in [-0.15, -0.1) is 0 Å². The molecule has 0 aliphatic carbocycles. The van der Waals surface area contributed by atoms with Crippen LogP contribution in [-0.2, 0) is 26.3 Å². The van der Waals surface area contributed by atoms with Crippen LogP contribution >= 0.6 is 0 Å². The summed E-state index contributed by atoms with van der Waals surface area (Å²) in [5, 5.41) is 13.3. The smallest absolute Gasteiger partial charge is 0.242 e. The van der Waals surface area contributed by atoms with Gasteiger partial charge < -0.3 is 5.11 Å². The molecule has 212 valence electrons. The molecule has 0 aliphatic heterocycles. The second-order valence-electron chi connectivity index (χ2n) is 10.7. The Balaban J connectivity index is 1.66. The highest BCUT2D eigenvalue weighted by molar-refractivity contribution is 7.91. The molecule has 6 nitrogen and oxygen atoms in total. The van der Waals surface area contributed by atoms with Crippen molar-refractivity contribution in [3.05, 3.63) is 95.6 Å². The Kier molecular flexibility index (Phi) is 8.85. The standard InChI is InChI=1S/C32H37NO5S2/c1-6-39(35,36)27-13-15-28(16-14-27)40(37,38)33-32(34)20-31-29(21(2)3)18-26(19-30(31)22(4)5)25-12-11-23-9-7-8-10-24(23)17-25/h7-19,21-22,32-34H,6,20H2,1-5H3. The van der Waals surface area contributed by atoms with Gasteiger partial charge in [0.15, 0.2) is 9.84 Å². The molecule has 0 aromatic heterocycles. The Morgan fingerprint density at radius 1 is 0.700 bits per heavy atom. The van der Waals surface area contributed by atoms with Crippen LogP contribution < -0.4 is 4.72 Å². The van der Waals surface area contributed by atoms with Gasteiger partial charge in [0.1, 0.15) is 6.23 Å². The molecule has 1 unspecified atom stereocenters. The first kappa shape index (κ1) is 29.9. The van der Waals surface area contributed by atoms with Crippen molar-refractivity contribution in [2.75, 3.05) is 5.75 Å². The molecular formula is C32H37NO5S2. The maximum absolute atomic E-state index is 13.0. The molecule has 0 radical (unpaired) electrons. The van der Waals surface area contributed by atoms with Crippen LogP contribution in [0.25, 0.3) is 21.9 Å². The van der Waals surface area contributed by atoms with E-state index in [1.165, 1.54) is 36.6 Å². The van der Waals surface area contributed by atoms with Crippen LogP contribution in [0.2, 0.25) is 0 Å². The Morgan fingerprint density at radius 2 is 1.25 bits per heavy atom. The third-order valence-corrected chi connectivity index (χ3v) is 10.4. The van der Waals surface area contributed by atoms with Crippen molar-refractivity contribution in [1.82, 2.24) is 4.72 Å². The molecule has 40 heavy (non-hydrogen) atoms. The zero-order valence-electron chi connectivity index (χ0n) is 23.5. The van der Waals surface area contributed by atoms with Crippen LogP contribution in [0.4, 0.5) is 0 Å². The highest BCUT2D eigenvalue weighted by Gasteiger charge is 2.24. The molecule has 4 aromatic carbocycles. The van der Waals surface area contributed by atoms with Gasteiger partial charge in [0.05, 0.1) is 15.5 Å². The van der Waals surface area contributed by atoms with E-state index in [9.17, 15) is 21.9 Å². The lowest BCUT2D eigenvalue weighted by Gasteiger charge is -2.24. The number of nitrogens with one attached hydrogen (secondary N) is 1. The van der Waals surface area contributed by atoms with E-state index in [-0.39, 0.29) is 33.8 Å². The predicted molar refractivity (Wildman–Crippen MR) is 162 cm³/mol. The lowest BCUT2D eigenvalue weighted by molar-refractivity contribution is 0.163. The Hall–Kier alpha value is -3.04. The molecule has 1 atom stereocenters. The normalized spacial score (nSPS) is 13.3. The van der Waals surface area contributed by atoms with Gasteiger partial charge in [-0.3, -0.25) is 0 Å². The van der Waals surface area contributed by atoms with E-state index in [0.29, 0.717) is 0 Å². The Morgan fingerprint density at radius 3 is 1.80 bits per heavy atom. The van der Waals surface area contributed by atoms with Crippen molar-refractivity contribution in [2.24, 2.45) is 0 Å². The summed E-state index contributed by atoms with van der Waals surface area (Å²) < 4.78 is 52.6. The summed E-state index contributed by atoms with van der Waals surface area (Å²) in [6, 6.07) is 24.0. The molecule has 4 rings (SSSR count). The van der Waals surface area contributed by atoms with Gasteiger partial charge in [0, 0.05) is 6.42 Å². The second-order valence-corrected chi connectivity index (χ2v) is 14.7. The Labute approximate surface area is 238 Å². The zero-order chi connectivity index (χ0) is 29.2. The van der Waals surface area contributed by atoms with Crippen molar-refractivity contribution >= 4 is 30.6 Å². The number of rotatable bonds is 10. The maximum Gasteiger partial charge on any atom is 0.242 e. The van der Waals surface area contributed by atoms with E-state index < -0.39 is 26.1 Å². The lowest BCUT2D eigenvalue weighted by atomic mass is 9.83. The topological polar surface area (TPSA) is 101 Å². The van der Waals surface area contributed by atoms with Gasteiger partial charge in [-0.2, -0.15) is 4.72 Å². The van der Waals surface area contributed by atoms with Gasteiger partial charge >= 0.3 is 0 Å². The molecule has 0 fully saturated rings. The molecule has 8 heteroatoms. The SMILES string of the molecule is CCS(=O)(=O)c1ccc(S(=O)(=O)NC(O)Cc2c(C(C)C)cc(-c3ccc4ccccc4c3)cc2C(C)C)cc1. The van der Waals surface area contributed by atoms with Gasteiger partial charge in [-0.25, -0.2) is 16.8 Å². The molecule has 0 bridgehead atoms. The lowest BCUT2D eigenvalue weighted by Crippen LogP contribution is -2.36. The highest BCUT2D eigenvalue weighted by atomic mass is 32.2. The largest absolute Gasteiger partial charge is 0.377 e. The van der Waals surface area contributed by atoms with Crippen LogP contribution in [0.3, 0.4) is 0 Å². The summed E-state index contributed by atoms with van der Waals surface area (Å²) in [7, 11) is -7.53. The van der Waals surface area contributed by atoms with Crippen LogP contribution in [0.15, 0.2) is 88.7 Å². The average Bonchev–Trinajstić information content (AvgIpc) is 2.92. The Bertz CT molecular complexity index is 1700. The van der Waals surface area contributed by atoms with E-state index in [1.807, 2.05) is 12.1 Å². The number of sulfone groups is 1. The van der Waals surface area contributed by atoms with Gasteiger partial charge in [-0.1, -0.05) is 83.1 Å². The third kappa shape index (κ3) is 6.47. The number of hydrogen-bond donors (Lipinski definition) is 2. The number of hydrogen-bond acceptors (Lipinski definition) is 5. The number of aliphatic hydroxyl groups is 1. The predicted octanol–water partition coefficient (Wildman–Crippen LogP) is 6.39. The quantitative estimate of drug-likeness (QED) is 0.212.